The van der Waals surface area contributed by atoms with E-state index in [0.29, 0.717) is 6.04 Å². The first-order valence-corrected chi connectivity index (χ1v) is 7.14. The highest BCUT2D eigenvalue weighted by Crippen LogP contribution is 2.22. The highest BCUT2D eigenvalue weighted by atomic mass is 79.9. The molecule has 106 valence electrons. The van der Waals surface area contributed by atoms with Gasteiger partial charge in [-0.05, 0) is 50.6 Å². The van der Waals surface area contributed by atoms with Gasteiger partial charge in [0.1, 0.15) is 0 Å². The van der Waals surface area contributed by atoms with Crippen LogP contribution in [0.15, 0.2) is 22.7 Å². The molecule has 1 atom stereocenters. The summed E-state index contributed by atoms with van der Waals surface area (Å²) in [5.74, 6) is 0.156. The molecule has 0 aliphatic carbocycles. The van der Waals surface area contributed by atoms with Crippen LogP contribution in [-0.4, -0.2) is 37.0 Å². The number of hydrogen-bond donors (Lipinski definition) is 1. The predicted octanol–water partition coefficient (Wildman–Crippen LogP) is 3.00. The number of aryl methyl sites for hydroxylation is 1. The molecule has 1 aliphatic rings. The lowest BCUT2D eigenvalue weighted by Crippen LogP contribution is -2.40. The van der Waals surface area contributed by atoms with E-state index in [1.807, 2.05) is 37.1 Å². The molecule has 5 heteroatoms. The van der Waals surface area contributed by atoms with Crippen LogP contribution in [0.2, 0.25) is 0 Å². The van der Waals surface area contributed by atoms with Gasteiger partial charge in [-0.2, -0.15) is 0 Å². The molecule has 0 bridgehead atoms. The first-order chi connectivity index (χ1) is 8.63. The predicted molar refractivity (Wildman–Crippen MR) is 84.1 cm³/mol. The van der Waals surface area contributed by atoms with E-state index in [4.69, 9.17) is 0 Å². The van der Waals surface area contributed by atoms with Crippen molar-refractivity contribution >= 4 is 34.2 Å². The number of nitrogens with zero attached hydrogens (tertiary/aromatic N) is 1. The molecule has 1 amide bonds. The number of hydrogen-bond acceptors (Lipinski definition) is 2. The molecule has 19 heavy (non-hydrogen) atoms. The minimum absolute atomic E-state index is 0. The summed E-state index contributed by atoms with van der Waals surface area (Å²) in [4.78, 5) is 14.5. The smallest absolute Gasteiger partial charge is 0.254 e. The summed E-state index contributed by atoms with van der Waals surface area (Å²) in [6.07, 6.45) is 2.20. The Morgan fingerprint density at radius 2 is 2.26 bits per heavy atom. The zero-order valence-corrected chi connectivity index (χ0v) is 13.7. The minimum Gasteiger partial charge on any atom is -0.334 e. The quantitative estimate of drug-likeness (QED) is 0.911. The van der Waals surface area contributed by atoms with E-state index in [9.17, 15) is 4.79 Å². The van der Waals surface area contributed by atoms with Gasteiger partial charge in [-0.1, -0.05) is 15.9 Å². The number of likely N-dealkylation sites (tertiary alicyclic amines) is 1. The van der Waals surface area contributed by atoms with Crippen molar-refractivity contribution in [2.45, 2.75) is 25.8 Å². The maximum atomic E-state index is 12.5. The maximum Gasteiger partial charge on any atom is 0.254 e. The molecule has 1 fully saturated rings. The molecule has 1 heterocycles. The largest absolute Gasteiger partial charge is 0.334 e. The number of amides is 1. The summed E-state index contributed by atoms with van der Waals surface area (Å²) in [5, 5.41) is 3.17. The molecule has 1 aliphatic heterocycles. The second-order valence-corrected chi connectivity index (χ2v) is 5.67. The van der Waals surface area contributed by atoms with E-state index in [1.54, 1.807) is 0 Å². The van der Waals surface area contributed by atoms with Crippen LogP contribution in [-0.2, 0) is 0 Å². The minimum atomic E-state index is 0. The molecular weight excluding hydrogens is 328 g/mol. The van der Waals surface area contributed by atoms with Gasteiger partial charge < -0.3 is 10.2 Å². The highest BCUT2D eigenvalue weighted by Gasteiger charge is 2.28. The van der Waals surface area contributed by atoms with Crippen molar-refractivity contribution in [3.63, 3.8) is 0 Å². The number of nitrogens with one attached hydrogen (secondary N) is 1. The van der Waals surface area contributed by atoms with Gasteiger partial charge in [-0.3, -0.25) is 4.79 Å². The molecular formula is C14H20BrClN2O. The van der Waals surface area contributed by atoms with Crippen LogP contribution in [0.4, 0.5) is 0 Å². The van der Waals surface area contributed by atoms with Crippen molar-refractivity contribution < 1.29 is 4.79 Å². The van der Waals surface area contributed by atoms with Crippen LogP contribution in [0.25, 0.3) is 0 Å². The lowest BCUT2D eigenvalue weighted by Gasteiger charge is -2.24. The van der Waals surface area contributed by atoms with Gasteiger partial charge in [-0.15, -0.1) is 12.4 Å². The Kier molecular flexibility index (Phi) is 6.30. The Morgan fingerprint density at radius 3 is 2.89 bits per heavy atom. The lowest BCUT2D eigenvalue weighted by molar-refractivity contribution is 0.0737. The molecule has 3 nitrogen and oxygen atoms in total. The van der Waals surface area contributed by atoms with Gasteiger partial charge in [0, 0.05) is 29.2 Å². The Balaban J connectivity index is 0.00000180. The molecule has 2 rings (SSSR count). The molecule has 1 saturated heterocycles. The van der Waals surface area contributed by atoms with Gasteiger partial charge in [-0.25, -0.2) is 0 Å². The summed E-state index contributed by atoms with van der Waals surface area (Å²) in [6, 6.07) is 6.15. The fourth-order valence-corrected chi connectivity index (χ4v) is 2.74. The second-order valence-electron chi connectivity index (χ2n) is 4.82. The average molecular weight is 348 g/mol. The highest BCUT2D eigenvalue weighted by molar-refractivity contribution is 9.10. The zero-order valence-electron chi connectivity index (χ0n) is 11.3. The van der Waals surface area contributed by atoms with Crippen molar-refractivity contribution in [1.29, 1.82) is 0 Å². The summed E-state index contributed by atoms with van der Waals surface area (Å²) in [7, 11) is 1.94. The number of halogens is 2. The SMILES string of the molecule is CNCC1CCCN1C(=O)c1ccc(Br)c(C)c1.Cl. The van der Waals surface area contributed by atoms with Crippen molar-refractivity contribution in [1.82, 2.24) is 10.2 Å². The number of rotatable bonds is 3. The molecule has 1 aromatic rings. The van der Waals surface area contributed by atoms with Crippen molar-refractivity contribution in [2.24, 2.45) is 0 Å². The lowest BCUT2D eigenvalue weighted by atomic mass is 10.1. The van der Waals surface area contributed by atoms with E-state index >= 15 is 0 Å². The Hall–Kier alpha value is -0.580. The van der Waals surface area contributed by atoms with Crippen molar-refractivity contribution in [2.75, 3.05) is 20.1 Å². The molecule has 1 unspecified atom stereocenters. The first kappa shape index (κ1) is 16.5. The van der Waals surface area contributed by atoms with Crippen LogP contribution in [0.1, 0.15) is 28.8 Å². The number of benzene rings is 1. The number of likely N-dealkylation sites (N-methyl/N-ethyl adjacent to an activating group) is 1. The Morgan fingerprint density at radius 1 is 1.53 bits per heavy atom. The zero-order chi connectivity index (χ0) is 13.1. The first-order valence-electron chi connectivity index (χ1n) is 6.35. The Labute approximate surface area is 129 Å². The van der Waals surface area contributed by atoms with Crippen LogP contribution in [0, 0.1) is 6.92 Å². The summed E-state index contributed by atoms with van der Waals surface area (Å²) >= 11 is 3.46. The van der Waals surface area contributed by atoms with Gasteiger partial charge in [0.25, 0.3) is 5.91 Å². The molecule has 1 aromatic carbocycles. The van der Waals surface area contributed by atoms with Crippen LogP contribution in [0.3, 0.4) is 0 Å². The van der Waals surface area contributed by atoms with Gasteiger partial charge >= 0.3 is 0 Å². The van der Waals surface area contributed by atoms with Crippen molar-refractivity contribution in [3.05, 3.63) is 33.8 Å². The van der Waals surface area contributed by atoms with Crippen LogP contribution < -0.4 is 5.32 Å². The average Bonchev–Trinajstić information content (AvgIpc) is 2.80. The van der Waals surface area contributed by atoms with E-state index in [0.717, 1.165) is 41.5 Å². The van der Waals surface area contributed by atoms with E-state index < -0.39 is 0 Å². The summed E-state index contributed by atoms with van der Waals surface area (Å²) in [6.45, 7) is 3.76. The van der Waals surface area contributed by atoms with Crippen molar-refractivity contribution in [3.8, 4) is 0 Å². The molecule has 0 saturated carbocycles. The second kappa shape index (κ2) is 7.27. The third-order valence-electron chi connectivity index (χ3n) is 3.48. The van der Waals surface area contributed by atoms with Gasteiger partial charge in [0.15, 0.2) is 0 Å². The number of carbonyl (C=O) groups excluding carboxylic acids is 1. The topological polar surface area (TPSA) is 32.3 Å². The van der Waals surface area contributed by atoms with Gasteiger partial charge in [0.2, 0.25) is 0 Å². The third kappa shape index (κ3) is 3.71. The Bertz CT molecular complexity index is 453. The molecule has 0 aromatic heterocycles. The van der Waals surface area contributed by atoms with E-state index in [1.165, 1.54) is 0 Å². The normalized spacial score (nSPS) is 18.3. The fraction of sp³-hybridized carbons (Fsp3) is 0.500. The third-order valence-corrected chi connectivity index (χ3v) is 4.37. The van der Waals surface area contributed by atoms with Gasteiger partial charge in [0.05, 0.1) is 0 Å². The summed E-state index contributed by atoms with van der Waals surface area (Å²) in [5.41, 5.74) is 1.89. The number of carbonyl (C=O) groups is 1. The fourth-order valence-electron chi connectivity index (χ4n) is 2.49. The standard InChI is InChI=1S/C14H19BrN2O.ClH/c1-10-8-11(5-6-13(10)15)14(18)17-7-3-4-12(17)9-16-2;/h5-6,8,12,16H,3-4,7,9H2,1-2H3;1H. The monoisotopic (exact) mass is 346 g/mol. The maximum absolute atomic E-state index is 12.5. The van der Waals surface area contributed by atoms with E-state index in [-0.39, 0.29) is 18.3 Å². The summed E-state index contributed by atoms with van der Waals surface area (Å²) < 4.78 is 1.05. The van der Waals surface area contributed by atoms with E-state index in [2.05, 4.69) is 21.2 Å². The van der Waals surface area contributed by atoms with Crippen LogP contribution >= 0.6 is 28.3 Å². The van der Waals surface area contributed by atoms with Crippen LogP contribution in [0.5, 0.6) is 0 Å². The molecule has 1 N–H and O–H groups in total. The molecule has 0 spiro atoms. The molecule has 0 radical (unpaired) electrons.